The number of ketones is 1. The molecule has 18 heavy (non-hydrogen) atoms. The second-order valence-corrected chi connectivity index (χ2v) is 4.29. The van der Waals surface area contributed by atoms with E-state index in [1.807, 2.05) is 48.5 Å². The van der Waals surface area contributed by atoms with Crippen molar-refractivity contribution in [1.29, 1.82) is 0 Å². The van der Waals surface area contributed by atoms with Crippen LogP contribution < -0.4 is 0 Å². The lowest BCUT2D eigenvalue weighted by molar-refractivity contribution is 0.101. The van der Waals surface area contributed by atoms with E-state index in [0.717, 1.165) is 23.1 Å². The van der Waals surface area contributed by atoms with E-state index in [9.17, 15) is 4.79 Å². The third-order valence-electron chi connectivity index (χ3n) is 3.05. The van der Waals surface area contributed by atoms with Crippen LogP contribution in [0, 0.1) is 0 Å². The van der Waals surface area contributed by atoms with Gasteiger partial charge in [0.25, 0.3) is 0 Å². The minimum atomic E-state index is 0.113. The molecule has 0 radical (unpaired) electrons. The van der Waals surface area contributed by atoms with Gasteiger partial charge in [-0.15, -0.1) is 0 Å². The van der Waals surface area contributed by atoms with Crippen LogP contribution in [-0.4, -0.2) is 5.78 Å². The van der Waals surface area contributed by atoms with Crippen LogP contribution in [0.25, 0.3) is 6.08 Å². The molecule has 0 fully saturated rings. The molecule has 0 atom stereocenters. The molecule has 0 aliphatic heterocycles. The zero-order valence-electron chi connectivity index (χ0n) is 10.5. The molecule has 0 bridgehead atoms. The molecule has 0 N–H and O–H groups in total. The maximum Gasteiger partial charge on any atom is 0.160 e. The summed E-state index contributed by atoms with van der Waals surface area (Å²) < 4.78 is 0. The zero-order valence-corrected chi connectivity index (χ0v) is 10.5. The molecular formula is C17H16O. The molecular weight excluding hydrogens is 220 g/mol. The summed E-state index contributed by atoms with van der Waals surface area (Å²) >= 11 is 0. The predicted molar refractivity (Wildman–Crippen MR) is 75.8 cm³/mol. The Kier molecular flexibility index (Phi) is 3.73. The highest BCUT2D eigenvalue weighted by Gasteiger charge is 2.08. The molecule has 0 saturated carbocycles. The molecule has 2 rings (SSSR count). The first kappa shape index (κ1) is 12.3. The molecule has 0 unspecified atom stereocenters. The predicted octanol–water partition coefficient (Wildman–Crippen LogP) is 4.12. The number of rotatable bonds is 4. The highest BCUT2D eigenvalue weighted by atomic mass is 16.1. The molecule has 0 aromatic heterocycles. The van der Waals surface area contributed by atoms with E-state index < -0.39 is 0 Å². The van der Waals surface area contributed by atoms with Gasteiger partial charge in [0.2, 0.25) is 0 Å². The summed E-state index contributed by atoms with van der Waals surface area (Å²) in [6.45, 7) is 5.43. The lowest BCUT2D eigenvalue weighted by Gasteiger charge is -2.09. The van der Waals surface area contributed by atoms with Gasteiger partial charge in [-0.05, 0) is 30.0 Å². The molecule has 90 valence electrons. The van der Waals surface area contributed by atoms with Gasteiger partial charge in [-0.25, -0.2) is 0 Å². The third kappa shape index (κ3) is 2.57. The second-order valence-electron chi connectivity index (χ2n) is 4.29. The van der Waals surface area contributed by atoms with Gasteiger partial charge in [-0.2, -0.15) is 0 Å². The Morgan fingerprint density at radius 1 is 1.06 bits per heavy atom. The van der Waals surface area contributed by atoms with Crippen molar-refractivity contribution in [2.24, 2.45) is 0 Å². The number of Topliss-reactive ketones (excluding diaryl/α,β-unsaturated/α-hetero) is 1. The number of hydrogen-bond donors (Lipinski definition) is 0. The molecule has 0 heterocycles. The first-order valence-corrected chi connectivity index (χ1v) is 6.01. The van der Waals surface area contributed by atoms with Crippen LogP contribution in [0.1, 0.15) is 34.0 Å². The van der Waals surface area contributed by atoms with Crippen LogP contribution in [0.15, 0.2) is 55.1 Å². The van der Waals surface area contributed by atoms with Crippen molar-refractivity contribution >= 4 is 11.9 Å². The molecule has 0 amide bonds. The Morgan fingerprint density at radius 3 is 2.33 bits per heavy atom. The van der Waals surface area contributed by atoms with Crippen LogP contribution in [0.4, 0.5) is 0 Å². The van der Waals surface area contributed by atoms with Crippen LogP contribution in [0.5, 0.6) is 0 Å². The molecule has 0 aliphatic rings. The highest BCUT2D eigenvalue weighted by molar-refractivity contribution is 5.95. The van der Waals surface area contributed by atoms with Crippen LogP contribution >= 0.6 is 0 Å². The average Bonchev–Trinajstić information content (AvgIpc) is 2.40. The van der Waals surface area contributed by atoms with Crippen molar-refractivity contribution in [2.45, 2.75) is 13.3 Å². The Hall–Kier alpha value is -2.15. The van der Waals surface area contributed by atoms with E-state index in [4.69, 9.17) is 0 Å². The summed E-state index contributed by atoms with van der Waals surface area (Å²) in [6, 6.07) is 15.9. The first-order valence-electron chi connectivity index (χ1n) is 6.01. The van der Waals surface area contributed by atoms with Crippen molar-refractivity contribution in [3.8, 4) is 0 Å². The smallest absolute Gasteiger partial charge is 0.160 e. The minimum Gasteiger partial charge on any atom is -0.295 e. The van der Waals surface area contributed by atoms with Crippen LogP contribution in [-0.2, 0) is 6.42 Å². The Labute approximate surface area is 108 Å². The summed E-state index contributed by atoms with van der Waals surface area (Å²) in [5, 5.41) is 0. The summed E-state index contributed by atoms with van der Waals surface area (Å²) in [5.74, 6) is 0.113. The summed E-state index contributed by atoms with van der Waals surface area (Å²) in [7, 11) is 0. The molecule has 0 aliphatic carbocycles. The Balaban J connectivity index is 2.40. The van der Waals surface area contributed by atoms with Crippen LogP contribution in [0.3, 0.4) is 0 Å². The topological polar surface area (TPSA) is 17.1 Å². The maximum absolute atomic E-state index is 11.6. The van der Waals surface area contributed by atoms with Crippen molar-refractivity contribution in [1.82, 2.24) is 0 Å². The van der Waals surface area contributed by atoms with E-state index in [1.54, 1.807) is 6.92 Å². The number of hydrogen-bond acceptors (Lipinski definition) is 1. The minimum absolute atomic E-state index is 0.113. The van der Waals surface area contributed by atoms with Gasteiger partial charge >= 0.3 is 0 Å². The van der Waals surface area contributed by atoms with Gasteiger partial charge in [-0.1, -0.05) is 61.2 Å². The Morgan fingerprint density at radius 2 is 1.67 bits per heavy atom. The average molecular weight is 236 g/mol. The lowest BCUT2D eigenvalue weighted by Crippen LogP contribution is -2.01. The normalized spacial score (nSPS) is 10.1. The third-order valence-corrected chi connectivity index (χ3v) is 3.05. The molecule has 0 saturated heterocycles. The molecule has 2 aromatic carbocycles. The Bertz CT molecular complexity index is 582. The summed E-state index contributed by atoms with van der Waals surface area (Å²) in [5.41, 5.74) is 4.19. The number of benzene rings is 2. The van der Waals surface area contributed by atoms with E-state index in [0.29, 0.717) is 0 Å². The fourth-order valence-corrected chi connectivity index (χ4v) is 2.12. The number of carbonyl (C=O) groups excluding carboxylic acids is 1. The van der Waals surface area contributed by atoms with E-state index >= 15 is 0 Å². The van der Waals surface area contributed by atoms with Crippen molar-refractivity contribution < 1.29 is 4.79 Å². The summed E-state index contributed by atoms with van der Waals surface area (Å²) in [6.07, 6.45) is 2.61. The van der Waals surface area contributed by atoms with Gasteiger partial charge in [0, 0.05) is 5.56 Å². The molecule has 0 spiro atoms. The van der Waals surface area contributed by atoms with E-state index in [1.165, 1.54) is 5.56 Å². The maximum atomic E-state index is 11.6. The van der Waals surface area contributed by atoms with E-state index in [-0.39, 0.29) is 5.78 Å². The van der Waals surface area contributed by atoms with Crippen molar-refractivity contribution in [2.75, 3.05) is 0 Å². The SMILES string of the molecule is C=Cc1ccccc1Cc1ccccc1C(C)=O. The fraction of sp³-hybridized carbons (Fsp3) is 0.118. The van der Waals surface area contributed by atoms with Crippen LogP contribution in [0.2, 0.25) is 0 Å². The monoisotopic (exact) mass is 236 g/mol. The second kappa shape index (κ2) is 5.46. The standard InChI is InChI=1S/C17H16O/c1-3-14-8-4-5-9-15(14)12-16-10-6-7-11-17(16)13(2)18/h3-11H,1,12H2,2H3. The quantitative estimate of drug-likeness (QED) is 0.730. The van der Waals surface area contributed by atoms with Gasteiger partial charge < -0.3 is 0 Å². The molecule has 1 heteroatoms. The van der Waals surface area contributed by atoms with Crippen molar-refractivity contribution in [3.05, 3.63) is 77.4 Å². The fourth-order valence-electron chi connectivity index (χ4n) is 2.12. The first-order chi connectivity index (χ1) is 8.72. The van der Waals surface area contributed by atoms with E-state index in [2.05, 4.69) is 12.6 Å². The highest BCUT2D eigenvalue weighted by Crippen LogP contribution is 2.18. The zero-order chi connectivity index (χ0) is 13.0. The lowest BCUT2D eigenvalue weighted by atomic mass is 9.95. The van der Waals surface area contributed by atoms with Gasteiger partial charge in [0.1, 0.15) is 0 Å². The van der Waals surface area contributed by atoms with Gasteiger partial charge in [0.15, 0.2) is 5.78 Å². The number of carbonyl (C=O) groups is 1. The summed E-state index contributed by atoms with van der Waals surface area (Å²) in [4.78, 5) is 11.6. The van der Waals surface area contributed by atoms with Crippen molar-refractivity contribution in [3.63, 3.8) is 0 Å². The largest absolute Gasteiger partial charge is 0.295 e. The van der Waals surface area contributed by atoms with Gasteiger partial charge in [-0.3, -0.25) is 4.79 Å². The van der Waals surface area contributed by atoms with Gasteiger partial charge in [0.05, 0.1) is 0 Å². The molecule has 2 aromatic rings. The molecule has 1 nitrogen and oxygen atoms in total.